The Kier molecular flexibility index (Phi) is 8.59. The average Bonchev–Trinajstić information content (AvgIpc) is 3.29. The Bertz CT molecular complexity index is 2980. The van der Waals surface area contributed by atoms with Crippen LogP contribution in [0.25, 0.3) is 44.5 Å². The van der Waals surface area contributed by atoms with Crippen molar-refractivity contribution < 1.29 is 0 Å². The molecule has 0 unspecified atom stereocenters. The van der Waals surface area contributed by atoms with Crippen LogP contribution in [0.4, 0.5) is 28.4 Å². The van der Waals surface area contributed by atoms with E-state index in [0.717, 1.165) is 12.8 Å². The smallest absolute Gasteiger partial charge is 0.333 e. The fourth-order valence-corrected chi connectivity index (χ4v) is 10.6. The van der Waals surface area contributed by atoms with Crippen LogP contribution < -0.4 is 20.6 Å². The third kappa shape index (κ3) is 6.08. The van der Waals surface area contributed by atoms with Gasteiger partial charge in [0.2, 0.25) is 0 Å². The maximum absolute atomic E-state index is 2.68. The molecule has 8 aromatic rings. The molecule has 0 amide bonds. The third-order valence-corrected chi connectivity index (χ3v) is 14.1. The van der Waals surface area contributed by atoms with Crippen LogP contribution >= 0.6 is 0 Å². The number of aryl methyl sites for hydroxylation is 2. The highest BCUT2D eigenvalue weighted by atomic mass is 15.2. The van der Waals surface area contributed by atoms with Gasteiger partial charge in [-0.2, -0.15) is 0 Å². The number of fused-ring (bicyclic) bond motifs is 5. The molecule has 0 fully saturated rings. The summed E-state index contributed by atoms with van der Waals surface area (Å²) in [5, 5.41) is 0. The molecule has 3 aliphatic rings. The van der Waals surface area contributed by atoms with E-state index in [9.17, 15) is 0 Å². The second kappa shape index (κ2) is 14.0. The average molecular weight is 787 g/mol. The Morgan fingerprint density at radius 2 is 0.934 bits per heavy atom. The maximum Gasteiger partial charge on any atom is 0.333 e. The molecule has 0 N–H and O–H groups in total. The number of anilines is 5. The quantitative estimate of drug-likeness (QED) is 0.160. The molecule has 2 heterocycles. The number of nitrogens with zero attached hydrogens (tertiary/aromatic N) is 2. The maximum atomic E-state index is 2.68. The minimum atomic E-state index is -0.0679. The highest BCUT2D eigenvalue weighted by Crippen LogP contribution is 2.52. The molecule has 0 radical (unpaired) electrons. The van der Waals surface area contributed by atoms with E-state index in [2.05, 4.69) is 227 Å². The Morgan fingerprint density at radius 3 is 1.54 bits per heavy atom. The molecule has 0 saturated heterocycles. The van der Waals surface area contributed by atoms with E-state index in [1.165, 1.54) is 106 Å². The molecule has 0 saturated carbocycles. The van der Waals surface area contributed by atoms with Gasteiger partial charge in [-0.25, -0.2) is 0 Å². The van der Waals surface area contributed by atoms with E-state index in [-0.39, 0.29) is 17.7 Å². The lowest BCUT2D eigenvalue weighted by atomic mass is 9.42. The molecule has 1 aliphatic carbocycles. The molecule has 0 spiro atoms. The Morgan fingerprint density at radius 1 is 0.426 bits per heavy atom. The van der Waals surface area contributed by atoms with E-state index >= 15 is 0 Å². The van der Waals surface area contributed by atoms with Gasteiger partial charge in [-0.3, -0.25) is 0 Å². The fraction of sp³-hybridized carbons (Fsp3) is 0.172. The van der Waals surface area contributed by atoms with Crippen LogP contribution in [-0.2, 0) is 10.8 Å². The monoisotopic (exact) mass is 786 g/mol. The lowest BCUT2D eigenvalue weighted by Crippen LogP contribution is -2.62. The van der Waals surface area contributed by atoms with Crippen LogP contribution in [0, 0.1) is 13.8 Å². The molecule has 2 nitrogen and oxygen atoms in total. The third-order valence-electron chi connectivity index (χ3n) is 14.1. The molecule has 61 heavy (non-hydrogen) atoms. The summed E-state index contributed by atoms with van der Waals surface area (Å²) < 4.78 is 0. The molecule has 0 bridgehead atoms. The Labute approximate surface area is 362 Å². The molecule has 0 atom stereocenters. The zero-order valence-electron chi connectivity index (χ0n) is 36.1. The van der Waals surface area contributed by atoms with Crippen molar-refractivity contribution in [3.8, 4) is 44.5 Å². The second-order valence-corrected chi connectivity index (χ2v) is 19.0. The first kappa shape index (κ1) is 37.4. The first-order valence-electron chi connectivity index (χ1n) is 22.0. The molecule has 0 aromatic heterocycles. The van der Waals surface area contributed by atoms with Crippen LogP contribution in [0.2, 0.25) is 0 Å². The predicted molar refractivity (Wildman–Crippen MR) is 261 cm³/mol. The minimum Gasteiger partial charge on any atom is -0.376 e. The van der Waals surface area contributed by atoms with E-state index in [0.29, 0.717) is 0 Å². The number of benzene rings is 8. The summed E-state index contributed by atoms with van der Waals surface area (Å²) >= 11 is 0. The van der Waals surface area contributed by atoms with Crippen molar-refractivity contribution in [2.45, 2.75) is 65.2 Å². The second-order valence-electron chi connectivity index (χ2n) is 19.0. The molecule has 11 rings (SSSR count). The van der Waals surface area contributed by atoms with Crippen molar-refractivity contribution in [3.05, 3.63) is 198 Å². The molecular weight excluding hydrogens is 735 g/mol. The van der Waals surface area contributed by atoms with E-state index in [4.69, 9.17) is 0 Å². The Balaban J connectivity index is 1.23. The van der Waals surface area contributed by atoms with E-state index in [1.807, 2.05) is 0 Å². The van der Waals surface area contributed by atoms with Crippen molar-refractivity contribution in [1.82, 2.24) is 0 Å². The van der Waals surface area contributed by atoms with Gasteiger partial charge in [0.25, 0.3) is 0 Å². The normalized spacial score (nSPS) is 15.4. The lowest BCUT2D eigenvalue weighted by Gasteiger charge is -2.48. The topological polar surface area (TPSA) is 6.48 Å². The standard InChI is InChI=1S/C58H51BN2/c1-38-32-48-47-29-26-45(42-20-14-9-15-21-42)35-53(47)61(46-27-24-43(25-28-46)40-16-10-7-11-17-40)59-51-36-49-50(58(5,6)31-30-57(49,3)4)37-54(51)60(55(33-38)56(48)59)52-34-44(23-22-39(52)2)41-18-12-8-13-19-41/h7-29,32-37H,30-31H2,1-6H3. The Hall–Kier alpha value is -6.58. The number of hydrogen-bond donors (Lipinski definition) is 0. The molecule has 2 aliphatic heterocycles. The van der Waals surface area contributed by atoms with Crippen molar-refractivity contribution in [1.29, 1.82) is 0 Å². The SMILES string of the molecule is Cc1cc2c3c(c1)N(c1cc(-c4ccccc4)ccc1C)c1cc4c(cc1B3N(c1ccc(-c3ccccc3)cc1)c1cc(-c3ccccc3)ccc1-2)C(C)(C)CCC4(C)C. The summed E-state index contributed by atoms with van der Waals surface area (Å²) in [6.07, 6.45) is 2.32. The van der Waals surface area contributed by atoms with Crippen LogP contribution in [0.5, 0.6) is 0 Å². The first-order chi connectivity index (χ1) is 29.6. The van der Waals surface area contributed by atoms with Gasteiger partial charge >= 0.3 is 6.85 Å². The van der Waals surface area contributed by atoms with Crippen molar-refractivity contribution in [2.24, 2.45) is 0 Å². The summed E-state index contributed by atoms with van der Waals surface area (Å²) in [7, 11) is 0. The van der Waals surface area contributed by atoms with Crippen LogP contribution in [0.15, 0.2) is 176 Å². The van der Waals surface area contributed by atoms with Gasteiger partial charge < -0.3 is 9.71 Å². The van der Waals surface area contributed by atoms with Crippen molar-refractivity contribution in [2.75, 3.05) is 9.71 Å². The fourth-order valence-electron chi connectivity index (χ4n) is 10.6. The van der Waals surface area contributed by atoms with Crippen molar-refractivity contribution in [3.63, 3.8) is 0 Å². The van der Waals surface area contributed by atoms with E-state index < -0.39 is 0 Å². The van der Waals surface area contributed by atoms with Gasteiger partial charge in [-0.1, -0.05) is 167 Å². The molecule has 3 heteroatoms. The summed E-state index contributed by atoms with van der Waals surface area (Å²) in [6.45, 7) is 14.3. The van der Waals surface area contributed by atoms with E-state index in [1.54, 1.807) is 0 Å². The van der Waals surface area contributed by atoms with Gasteiger partial charge in [-0.05, 0) is 146 Å². The van der Waals surface area contributed by atoms with Gasteiger partial charge in [0, 0.05) is 34.0 Å². The lowest BCUT2D eigenvalue weighted by molar-refractivity contribution is 0.332. The summed E-state index contributed by atoms with van der Waals surface area (Å²) in [6, 6.07) is 66.1. The largest absolute Gasteiger partial charge is 0.376 e. The number of hydrogen-bond acceptors (Lipinski definition) is 2. The van der Waals surface area contributed by atoms with Gasteiger partial charge in [-0.15, -0.1) is 0 Å². The zero-order chi connectivity index (χ0) is 41.6. The zero-order valence-corrected chi connectivity index (χ0v) is 36.1. The van der Waals surface area contributed by atoms with Gasteiger partial charge in [0.1, 0.15) is 0 Å². The van der Waals surface area contributed by atoms with Crippen LogP contribution in [0.3, 0.4) is 0 Å². The first-order valence-corrected chi connectivity index (χ1v) is 22.0. The van der Waals surface area contributed by atoms with Gasteiger partial charge in [0.15, 0.2) is 0 Å². The summed E-state index contributed by atoms with van der Waals surface area (Å²) in [5.74, 6) is 0. The minimum absolute atomic E-state index is 0.0411. The van der Waals surface area contributed by atoms with Crippen LogP contribution in [-0.4, -0.2) is 6.85 Å². The predicted octanol–water partition coefficient (Wildman–Crippen LogP) is 14.4. The highest BCUT2D eigenvalue weighted by Gasteiger charge is 2.48. The summed E-state index contributed by atoms with van der Waals surface area (Å²) in [4.78, 5) is 5.31. The molecular formula is C58H51BN2. The van der Waals surface area contributed by atoms with Gasteiger partial charge in [0.05, 0.1) is 0 Å². The van der Waals surface area contributed by atoms with Crippen molar-refractivity contribution >= 4 is 46.2 Å². The van der Waals surface area contributed by atoms with Crippen LogP contribution in [0.1, 0.15) is 62.8 Å². The highest BCUT2D eigenvalue weighted by molar-refractivity contribution is 6.93. The summed E-state index contributed by atoms with van der Waals surface area (Å²) in [5.41, 5.74) is 24.4. The molecule has 8 aromatic carbocycles. The molecule has 296 valence electrons. The number of rotatable bonds is 5.